The van der Waals surface area contributed by atoms with E-state index in [1.54, 1.807) is 0 Å². The van der Waals surface area contributed by atoms with Crippen LogP contribution >= 0.6 is 0 Å². The molecule has 1 N–H and O–H groups in total. The van der Waals surface area contributed by atoms with Crippen molar-refractivity contribution in [3.63, 3.8) is 0 Å². The quantitative estimate of drug-likeness (QED) is 0.725. The molecule has 0 saturated carbocycles. The largest absolute Gasteiger partial charge is 0.459 e. The molecule has 1 rings (SSSR count). The van der Waals surface area contributed by atoms with Crippen molar-refractivity contribution in [3.05, 3.63) is 0 Å². The van der Waals surface area contributed by atoms with Crippen molar-refractivity contribution in [2.75, 3.05) is 45.8 Å². The molecule has 0 unspecified atom stereocenters. The normalized spacial score (nSPS) is 17.8. The number of hydrogen-bond acceptors (Lipinski definition) is 5. The van der Waals surface area contributed by atoms with E-state index in [0.717, 1.165) is 26.2 Å². The molecule has 20 heavy (non-hydrogen) atoms. The van der Waals surface area contributed by atoms with Crippen LogP contribution in [0, 0.1) is 0 Å². The van der Waals surface area contributed by atoms with Gasteiger partial charge in [0.1, 0.15) is 5.60 Å². The van der Waals surface area contributed by atoms with Gasteiger partial charge in [0.25, 0.3) is 0 Å². The standard InChI is InChI=1S/C14H27N3O3/c1-5-15-12(18)10-16-6-8-17(9-7-16)11-13(19)20-14(2,3)4/h5-11H2,1-4H3,(H,15,18). The van der Waals surface area contributed by atoms with E-state index >= 15 is 0 Å². The number of amides is 1. The molecule has 116 valence electrons. The van der Waals surface area contributed by atoms with Crippen LogP contribution in [0.2, 0.25) is 0 Å². The monoisotopic (exact) mass is 285 g/mol. The summed E-state index contributed by atoms with van der Waals surface area (Å²) in [6.07, 6.45) is 0. The molecule has 6 nitrogen and oxygen atoms in total. The lowest BCUT2D eigenvalue weighted by Crippen LogP contribution is -2.50. The van der Waals surface area contributed by atoms with Gasteiger partial charge in [-0.1, -0.05) is 0 Å². The first-order valence-electron chi connectivity index (χ1n) is 7.23. The zero-order valence-electron chi connectivity index (χ0n) is 13.1. The minimum absolute atomic E-state index is 0.0630. The van der Waals surface area contributed by atoms with Crippen LogP contribution < -0.4 is 5.32 Å². The Morgan fingerprint density at radius 2 is 1.55 bits per heavy atom. The molecule has 0 spiro atoms. The fraction of sp³-hybridized carbons (Fsp3) is 0.857. The lowest BCUT2D eigenvalue weighted by Gasteiger charge is -2.34. The Labute approximate surface area is 121 Å². The van der Waals surface area contributed by atoms with E-state index in [2.05, 4.69) is 15.1 Å². The topological polar surface area (TPSA) is 61.9 Å². The summed E-state index contributed by atoms with van der Waals surface area (Å²) in [6, 6.07) is 0. The van der Waals surface area contributed by atoms with Crippen LogP contribution in [0.25, 0.3) is 0 Å². The van der Waals surface area contributed by atoms with Gasteiger partial charge in [-0.25, -0.2) is 0 Å². The predicted molar refractivity (Wildman–Crippen MR) is 77.4 cm³/mol. The first-order valence-corrected chi connectivity index (χ1v) is 7.23. The summed E-state index contributed by atoms with van der Waals surface area (Å²) in [7, 11) is 0. The first-order chi connectivity index (χ1) is 9.30. The summed E-state index contributed by atoms with van der Waals surface area (Å²) in [5.74, 6) is -0.122. The number of carbonyl (C=O) groups is 2. The fourth-order valence-corrected chi connectivity index (χ4v) is 2.12. The molecule has 6 heteroatoms. The Kier molecular flexibility index (Phi) is 6.42. The van der Waals surface area contributed by atoms with Gasteiger partial charge >= 0.3 is 5.97 Å². The number of ether oxygens (including phenoxy) is 1. The van der Waals surface area contributed by atoms with Crippen molar-refractivity contribution in [2.24, 2.45) is 0 Å². The molecule has 1 amide bonds. The van der Waals surface area contributed by atoms with Gasteiger partial charge in [-0.3, -0.25) is 19.4 Å². The van der Waals surface area contributed by atoms with E-state index in [-0.39, 0.29) is 11.9 Å². The van der Waals surface area contributed by atoms with Crippen LogP contribution in [0.1, 0.15) is 27.7 Å². The Morgan fingerprint density at radius 3 is 2.00 bits per heavy atom. The number of carbonyl (C=O) groups excluding carboxylic acids is 2. The third-order valence-corrected chi connectivity index (χ3v) is 2.98. The summed E-state index contributed by atoms with van der Waals surface area (Å²) in [6.45, 7) is 12.1. The number of esters is 1. The number of rotatable bonds is 5. The third kappa shape index (κ3) is 6.86. The summed E-state index contributed by atoms with van der Waals surface area (Å²) in [4.78, 5) is 27.4. The molecule has 0 aliphatic carbocycles. The van der Waals surface area contributed by atoms with Gasteiger partial charge in [0.2, 0.25) is 5.91 Å². The average Bonchev–Trinajstić information content (AvgIpc) is 2.29. The van der Waals surface area contributed by atoms with Gasteiger partial charge in [0.05, 0.1) is 13.1 Å². The molecule has 0 aromatic rings. The van der Waals surface area contributed by atoms with Gasteiger partial charge in [-0.15, -0.1) is 0 Å². The molecule has 0 bridgehead atoms. The second kappa shape index (κ2) is 7.59. The van der Waals surface area contributed by atoms with Gasteiger partial charge < -0.3 is 10.1 Å². The van der Waals surface area contributed by atoms with Crippen LogP contribution in [0.15, 0.2) is 0 Å². The average molecular weight is 285 g/mol. The van der Waals surface area contributed by atoms with Gasteiger partial charge in [-0.2, -0.15) is 0 Å². The maximum atomic E-state index is 11.7. The Hall–Kier alpha value is -1.14. The van der Waals surface area contributed by atoms with Crippen molar-refractivity contribution in [1.29, 1.82) is 0 Å². The molecule has 1 saturated heterocycles. The highest BCUT2D eigenvalue weighted by Gasteiger charge is 2.23. The number of likely N-dealkylation sites (N-methyl/N-ethyl adjacent to an activating group) is 1. The minimum Gasteiger partial charge on any atom is -0.459 e. The van der Waals surface area contributed by atoms with E-state index in [0.29, 0.717) is 19.6 Å². The second-order valence-corrected chi connectivity index (χ2v) is 6.09. The lowest BCUT2D eigenvalue weighted by atomic mass is 10.2. The molecule has 0 aromatic heterocycles. The fourth-order valence-electron chi connectivity index (χ4n) is 2.12. The lowest BCUT2D eigenvalue weighted by molar-refractivity contribution is -0.156. The van der Waals surface area contributed by atoms with Crippen molar-refractivity contribution in [1.82, 2.24) is 15.1 Å². The van der Waals surface area contributed by atoms with Crippen LogP contribution in [0.4, 0.5) is 0 Å². The molecular formula is C14H27N3O3. The number of nitrogens with zero attached hydrogens (tertiary/aromatic N) is 2. The number of nitrogens with one attached hydrogen (secondary N) is 1. The highest BCUT2D eigenvalue weighted by molar-refractivity contribution is 5.78. The highest BCUT2D eigenvalue weighted by atomic mass is 16.6. The van der Waals surface area contributed by atoms with Crippen LogP contribution in [-0.2, 0) is 14.3 Å². The van der Waals surface area contributed by atoms with Gasteiger partial charge in [0, 0.05) is 32.7 Å². The predicted octanol–water partition coefficient (Wildman–Crippen LogP) is 0.0818. The third-order valence-electron chi connectivity index (χ3n) is 2.98. The molecule has 1 aliphatic rings. The molecule has 0 atom stereocenters. The molecule has 1 aliphatic heterocycles. The molecule has 1 fully saturated rings. The van der Waals surface area contributed by atoms with Crippen molar-refractivity contribution in [3.8, 4) is 0 Å². The number of hydrogen-bond donors (Lipinski definition) is 1. The molecule has 1 heterocycles. The van der Waals surface area contributed by atoms with Crippen molar-refractivity contribution in [2.45, 2.75) is 33.3 Å². The zero-order chi connectivity index (χ0) is 15.2. The van der Waals surface area contributed by atoms with E-state index in [1.165, 1.54) is 0 Å². The summed E-state index contributed by atoms with van der Waals surface area (Å²) < 4.78 is 5.31. The molecule has 0 aromatic carbocycles. The Bertz CT molecular complexity index is 331. The Balaban J connectivity index is 2.25. The maximum absolute atomic E-state index is 11.7. The van der Waals surface area contributed by atoms with Crippen molar-refractivity contribution < 1.29 is 14.3 Å². The maximum Gasteiger partial charge on any atom is 0.320 e. The molecular weight excluding hydrogens is 258 g/mol. The van der Waals surface area contributed by atoms with Crippen LogP contribution in [0.5, 0.6) is 0 Å². The van der Waals surface area contributed by atoms with Gasteiger partial charge in [0.15, 0.2) is 0 Å². The van der Waals surface area contributed by atoms with Crippen LogP contribution in [-0.4, -0.2) is 73.1 Å². The SMILES string of the molecule is CCNC(=O)CN1CCN(CC(=O)OC(C)(C)C)CC1. The van der Waals surface area contributed by atoms with E-state index in [9.17, 15) is 9.59 Å². The first kappa shape index (κ1) is 16.9. The summed E-state index contributed by atoms with van der Waals surface area (Å²) in [5.41, 5.74) is -0.433. The van der Waals surface area contributed by atoms with Crippen LogP contribution in [0.3, 0.4) is 0 Å². The summed E-state index contributed by atoms with van der Waals surface area (Å²) in [5, 5.41) is 2.79. The summed E-state index contributed by atoms with van der Waals surface area (Å²) >= 11 is 0. The number of piperazine rings is 1. The molecule has 0 radical (unpaired) electrons. The smallest absolute Gasteiger partial charge is 0.320 e. The van der Waals surface area contributed by atoms with E-state index in [1.807, 2.05) is 27.7 Å². The Morgan fingerprint density at radius 1 is 1.05 bits per heavy atom. The van der Waals surface area contributed by atoms with E-state index in [4.69, 9.17) is 4.74 Å². The van der Waals surface area contributed by atoms with E-state index < -0.39 is 5.60 Å². The van der Waals surface area contributed by atoms with Crippen molar-refractivity contribution >= 4 is 11.9 Å². The zero-order valence-corrected chi connectivity index (χ0v) is 13.1. The van der Waals surface area contributed by atoms with Gasteiger partial charge in [-0.05, 0) is 27.7 Å². The second-order valence-electron chi connectivity index (χ2n) is 6.09. The minimum atomic E-state index is -0.433. The highest BCUT2D eigenvalue weighted by Crippen LogP contribution is 2.08.